The molecular weight excluding hydrogens is 561 g/mol. The highest BCUT2D eigenvalue weighted by Gasteiger charge is 2.31. The maximum absolute atomic E-state index is 12.5. The van der Waals surface area contributed by atoms with Crippen LogP contribution in [0.3, 0.4) is 0 Å². The summed E-state index contributed by atoms with van der Waals surface area (Å²) in [6.45, 7) is 10.1. The zero-order chi connectivity index (χ0) is 30.2. The number of benzene rings is 2. The number of hydrogen-bond donors (Lipinski definition) is 3. The van der Waals surface area contributed by atoms with E-state index in [1.54, 1.807) is 22.8 Å². The molecule has 41 heavy (non-hydrogen) atoms. The number of rotatable bonds is 11. The van der Waals surface area contributed by atoms with Gasteiger partial charge in [-0.1, -0.05) is 11.3 Å². The van der Waals surface area contributed by atoms with Gasteiger partial charge in [-0.2, -0.15) is 0 Å². The largest absolute Gasteiger partial charge is 0.573 e. The van der Waals surface area contributed by atoms with E-state index in [0.717, 1.165) is 12.1 Å². The van der Waals surface area contributed by atoms with Crippen molar-refractivity contribution in [1.82, 2.24) is 19.9 Å². The summed E-state index contributed by atoms with van der Waals surface area (Å²) < 4.78 is 54.2. The number of ether oxygens (including phenoxy) is 3. The third kappa shape index (κ3) is 9.28. The van der Waals surface area contributed by atoms with Crippen LogP contribution >= 0.6 is 11.3 Å². The molecule has 0 saturated carbocycles. The molecule has 10 nitrogen and oxygen atoms in total. The second kappa shape index (κ2) is 14.4. The van der Waals surface area contributed by atoms with Crippen LogP contribution in [0.15, 0.2) is 36.4 Å². The van der Waals surface area contributed by atoms with E-state index < -0.39 is 6.36 Å². The summed E-state index contributed by atoms with van der Waals surface area (Å²) in [5, 5.41) is 6.40. The standard InChI is InChI=1S/C22H22F3N5O3S.C5H13NO/c1-4-32-12(2)11-26-19(31)13-5-8-17-16(9-13)27-20(30(17)3)29-21-28-15-7-6-14(10-18(15)34-21)33-22(23,24)25;1-3-7-5(2)4-6/h5-10,12H,4,11H2,1-3H3,(H,26,31)(H,27,28,29);5H,3-4,6H2,1-2H3. The minimum Gasteiger partial charge on any atom is -0.406 e. The van der Waals surface area contributed by atoms with Gasteiger partial charge in [0.25, 0.3) is 5.91 Å². The number of hydrogen-bond acceptors (Lipinski definition) is 9. The van der Waals surface area contributed by atoms with Gasteiger partial charge in [-0.3, -0.25) is 4.79 Å². The van der Waals surface area contributed by atoms with Crippen molar-refractivity contribution in [2.24, 2.45) is 12.8 Å². The lowest BCUT2D eigenvalue weighted by Crippen LogP contribution is -2.32. The van der Waals surface area contributed by atoms with Crippen molar-refractivity contribution in [2.45, 2.75) is 46.3 Å². The van der Waals surface area contributed by atoms with E-state index >= 15 is 0 Å². The molecule has 4 rings (SSSR count). The van der Waals surface area contributed by atoms with Gasteiger partial charge in [0, 0.05) is 45.0 Å². The van der Waals surface area contributed by atoms with Crippen molar-refractivity contribution in [2.75, 3.05) is 31.6 Å². The smallest absolute Gasteiger partial charge is 0.406 e. The van der Waals surface area contributed by atoms with E-state index in [9.17, 15) is 18.0 Å². The first-order valence-electron chi connectivity index (χ1n) is 13.0. The monoisotopic (exact) mass is 596 g/mol. The SMILES string of the molecule is CCOC(C)CN.CCOC(C)CNC(=O)c1ccc2c(c1)nc(Nc1nc3ccc(OC(F)(F)F)cc3s1)n2C. The number of fused-ring (bicyclic) bond motifs is 2. The van der Waals surface area contributed by atoms with E-state index in [1.165, 1.54) is 29.5 Å². The average Bonchev–Trinajstić information content (AvgIpc) is 3.46. The first kappa shape index (κ1) is 32.1. The number of anilines is 2. The summed E-state index contributed by atoms with van der Waals surface area (Å²) in [5.41, 5.74) is 7.64. The van der Waals surface area contributed by atoms with Crippen molar-refractivity contribution >= 4 is 49.6 Å². The fraction of sp³-hybridized carbons (Fsp3) is 0.444. The van der Waals surface area contributed by atoms with E-state index in [2.05, 4.69) is 25.3 Å². The molecule has 2 aromatic heterocycles. The second-order valence-corrected chi connectivity index (χ2v) is 10.0. The fourth-order valence-electron chi connectivity index (χ4n) is 3.74. The summed E-state index contributed by atoms with van der Waals surface area (Å²) in [5.74, 6) is -0.0561. The Balaban J connectivity index is 0.000000587. The Labute approximate surface area is 240 Å². The molecule has 4 aromatic rings. The summed E-state index contributed by atoms with van der Waals surface area (Å²) in [4.78, 5) is 21.4. The summed E-state index contributed by atoms with van der Waals surface area (Å²) in [7, 11) is 1.81. The van der Waals surface area contributed by atoms with Gasteiger partial charge < -0.3 is 35.1 Å². The molecule has 0 aliphatic carbocycles. The zero-order valence-electron chi connectivity index (χ0n) is 23.5. The van der Waals surface area contributed by atoms with E-state index in [4.69, 9.17) is 15.2 Å². The Morgan fingerprint density at radius 3 is 2.39 bits per heavy atom. The number of carbonyl (C=O) groups is 1. The van der Waals surface area contributed by atoms with Gasteiger partial charge in [0.15, 0.2) is 5.13 Å². The molecule has 0 spiro atoms. The Morgan fingerprint density at radius 1 is 1.05 bits per heavy atom. The van der Waals surface area contributed by atoms with Crippen molar-refractivity contribution in [3.8, 4) is 5.75 Å². The van der Waals surface area contributed by atoms with E-state index in [0.29, 0.717) is 52.1 Å². The number of alkyl halides is 3. The third-order valence-electron chi connectivity index (χ3n) is 5.74. The number of nitrogens with two attached hydrogens (primary N) is 1. The molecular formula is C27H35F3N6O4S. The number of nitrogens with zero attached hydrogens (tertiary/aromatic N) is 3. The first-order valence-corrected chi connectivity index (χ1v) is 13.9. The number of thiazole rings is 1. The Bertz CT molecular complexity index is 1440. The van der Waals surface area contributed by atoms with Crippen molar-refractivity contribution in [3.63, 3.8) is 0 Å². The number of imidazole rings is 1. The highest BCUT2D eigenvalue weighted by Crippen LogP contribution is 2.33. The molecule has 1 amide bonds. The molecule has 2 heterocycles. The van der Waals surface area contributed by atoms with Gasteiger partial charge in [-0.15, -0.1) is 13.2 Å². The van der Waals surface area contributed by atoms with Crippen LogP contribution in [0.4, 0.5) is 24.3 Å². The number of aryl methyl sites for hydroxylation is 1. The minimum atomic E-state index is -4.76. The van der Waals surface area contributed by atoms with Crippen LogP contribution in [0.25, 0.3) is 21.3 Å². The van der Waals surface area contributed by atoms with Gasteiger partial charge in [0.2, 0.25) is 5.95 Å². The third-order valence-corrected chi connectivity index (χ3v) is 6.67. The van der Waals surface area contributed by atoms with Gasteiger partial charge in [0.1, 0.15) is 5.75 Å². The second-order valence-electron chi connectivity index (χ2n) is 9.00. The van der Waals surface area contributed by atoms with Crippen LogP contribution < -0.4 is 21.1 Å². The lowest BCUT2D eigenvalue weighted by atomic mass is 10.2. The lowest BCUT2D eigenvalue weighted by molar-refractivity contribution is -0.274. The maximum Gasteiger partial charge on any atom is 0.573 e. The lowest BCUT2D eigenvalue weighted by Gasteiger charge is -2.12. The molecule has 224 valence electrons. The number of halogens is 3. The van der Waals surface area contributed by atoms with Crippen LogP contribution in [0.2, 0.25) is 0 Å². The molecule has 2 aromatic carbocycles. The molecule has 2 atom stereocenters. The van der Waals surface area contributed by atoms with E-state index in [-0.39, 0.29) is 23.9 Å². The predicted molar refractivity (Wildman–Crippen MR) is 154 cm³/mol. The normalized spacial score (nSPS) is 13.0. The Morgan fingerprint density at radius 2 is 1.76 bits per heavy atom. The summed E-state index contributed by atoms with van der Waals surface area (Å²) in [6, 6.07) is 9.18. The fourth-order valence-corrected chi connectivity index (χ4v) is 4.63. The summed E-state index contributed by atoms with van der Waals surface area (Å²) >= 11 is 1.17. The number of amides is 1. The minimum absolute atomic E-state index is 0.0896. The Hall–Kier alpha value is -3.46. The average molecular weight is 597 g/mol. The van der Waals surface area contributed by atoms with Crippen molar-refractivity contribution in [3.05, 3.63) is 42.0 Å². The number of aromatic nitrogens is 3. The molecule has 0 fully saturated rings. The number of nitrogens with one attached hydrogen (secondary N) is 2. The number of carbonyl (C=O) groups excluding carboxylic acids is 1. The molecule has 0 aliphatic heterocycles. The highest BCUT2D eigenvalue weighted by atomic mass is 32.1. The molecule has 0 saturated heterocycles. The quantitative estimate of drug-likeness (QED) is 0.212. The van der Waals surface area contributed by atoms with Gasteiger partial charge in [-0.25, -0.2) is 9.97 Å². The molecule has 0 radical (unpaired) electrons. The molecule has 14 heteroatoms. The topological polar surface area (TPSA) is 126 Å². The van der Waals surface area contributed by atoms with Crippen LogP contribution in [-0.4, -0.2) is 65.3 Å². The van der Waals surface area contributed by atoms with Gasteiger partial charge >= 0.3 is 6.36 Å². The molecule has 4 N–H and O–H groups in total. The Kier molecular flexibility index (Phi) is 11.3. The molecule has 0 bridgehead atoms. The predicted octanol–water partition coefficient (Wildman–Crippen LogP) is 5.35. The highest BCUT2D eigenvalue weighted by molar-refractivity contribution is 7.22. The molecule has 0 aliphatic rings. The van der Waals surface area contributed by atoms with Crippen molar-refractivity contribution < 1.29 is 32.2 Å². The maximum atomic E-state index is 12.5. The molecule has 2 unspecified atom stereocenters. The van der Waals surface area contributed by atoms with Crippen molar-refractivity contribution in [1.29, 1.82) is 0 Å². The zero-order valence-corrected chi connectivity index (χ0v) is 24.4. The first-order chi connectivity index (χ1) is 19.4. The van der Waals surface area contributed by atoms with Gasteiger partial charge in [-0.05, 0) is 58.0 Å². The van der Waals surface area contributed by atoms with Crippen LogP contribution in [-0.2, 0) is 16.5 Å². The summed E-state index contributed by atoms with van der Waals surface area (Å²) in [6.07, 6.45) is -4.62. The van der Waals surface area contributed by atoms with Crippen LogP contribution in [0.1, 0.15) is 38.1 Å². The van der Waals surface area contributed by atoms with Gasteiger partial charge in [0.05, 0.1) is 33.5 Å². The van der Waals surface area contributed by atoms with E-state index in [1.807, 2.05) is 34.7 Å². The van der Waals surface area contributed by atoms with Crippen LogP contribution in [0.5, 0.6) is 5.75 Å². The van der Waals surface area contributed by atoms with Crippen LogP contribution in [0, 0.1) is 0 Å².